The van der Waals surface area contributed by atoms with Gasteiger partial charge in [0, 0.05) is 58.8 Å². The maximum atomic E-state index is 6.62. The van der Waals surface area contributed by atoms with Crippen LogP contribution in [0.2, 0.25) is 0 Å². The maximum absolute atomic E-state index is 6.62. The lowest BCUT2D eigenvalue weighted by Crippen LogP contribution is -2.23. The van der Waals surface area contributed by atoms with Crippen LogP contribution in [0.15, 0.2) is 116 Å². The zero-order chi connectivity index (χ0) is 31.9. The first kappa shape index (κ1) is 27.9. The molecule has 5 heterocycles. The Morgan fingerprint density at radius 3 is 2.40 bits per heavy atom. The lowest BCUT2D eigenvalue weighted by atomic mass is 9.88. The summed E-state index contributed by atoms with van der Waals surface area (Å²) in [6, 6.07) is 36.3. The molecule has 0 unspecified atom stereocenters. The van der Waals surface area contributed by atoms with E-state index in [4.69, 9.17) is 9.72 Å². The highest BCUT2D eigenvalue weighted by atomic mass is 32.1. The van der Waals surface area contributed by atoms with Crippen LogP contribution >= 0.6 is 11.3 Å². The molecule has 1 aliphatic rings. The van der Waals surface area contributed by atoms with E-state index in [2.05, 4.69) is 138 Å². The fourth-order valence-electron chi connectivity index (χ4n) is 6.91. The lowest BCUT2D eigenvalue weighted by molar-refractivity contribution is 0.483. The highest BCUT2D eigenvalue weighted by Gasteiger charge is 2.29. The van der Waals surface area contributed by atoms with Crippen molar-refractivity contribution in [3.05, 3.63) is 121 Å². The number of rotatable bonds is 4. The van der Waals surface area contributed by atoms with Crippen molar-refractivity contribution in [1.29, 1.82) is 0 Å². The summed E-state index contributed by atoms with van der Waals surface area (Å²) in [5.41, 5.74) is 6.98. The first-order chi connectivity index (χ1) is 22.8. The maximum Gasteiger partial charge on any atom is 0.137 e. The number of hydrogen-bond donors (Lipinski definition) is 0. The van der Waals surface area contributed by atoms with Crippen molar-refractivity contribution in [2.24, 2.45) is 0 Å². The predicted octanol–water partition coefficient (Wildman–Crippen LogP) is 10.6. The summed E-state index contributed by atoms with van der Waals surface area (Å²) in [6.07, 6.45) is 3.79. The van der Waals surface area contributed by atoms with Gasteiger partial charge in [-0.05, 0) is 71.6 Å². The molecule has 0 saturated heterocycles. The molecule has 0 bridgehead atoms. The second kappa shape index (κ2) is 10.3. The molecule has 6 nitrogen and oxygen atoms in total. The minimum absolute atomic E-state index is 0.0139. The van der Waals surface area contributed by atoms with Crippen molar-refractivity contribution in [2.75, 3.05) is 23.5 Å². The molecular weight excluding hydrogens is 599 g/mol. The van der Waals surface area contributed by atoms with Gasteiger partial charge in [0.25, 0.3) is 0 Å². The summed E-state index contributed by atoms with van der Waals surface area (Å²) in [6.45, 7) is 7.46. The Kier molecular flexibility index (Phi) is 6.11. The number of benzene rings is 4. The number of thiophene rings is 1. The molecule has 8 aromatic rings. The Morgan fingerprint density at radius 1 is 0.702 bits per heavy atom. The summed E-state index contributed by atoms with van der Waals surface area (Å²) >= 11 is 1.76. The molecule has 0 atom stereocenters. The van der Waals surface area contributed by atoms with Gasteiger partial charge in [0.05, 0.1) is 33.8 Å². The highest BCUT2D eigenvalue weighted by molar-refractivity contribution is 7.26. The average Bonchev–Trinajstić information content (AvgIpc) is 3.73. The first-order valence-electron chi connectivity index (χ1n) is 15.9. The largest absolute Gasteiger partial charge is 0.457 e. The molecule has 230 valence electrons. The minimum atomic E-state index is 0.0139. The third kappa shape index (κ3) is 4.45. The fourth-order valence-corrected chi connectivity index (χ4v) is 8.10. The Balaban J connectivity index is 1.12. The molecular formula is C40H33N5OS. The van der Waals surface area contributed by atoms with Gasteiger partial charge in [-0.2, -0.15) is 0 Å². The molecule has 1 aliphatic heterocycles. The zero-order valence-corrected chi connectivity index (χ0v) is 27.5. The Bertz CT molecular complexity index is 2510. The molecule has 7 heteroatoms. The quantitative estimate of drug-likeness (QED) is 0.193. The van der Waals surface area contributed by atoms with E-state index >= 15 is 0 Å². The van der Waals surface area contributed by atoms with Gasteiger partial charge in [0.15, 0.2) is 0 Å². The van der Waals surface area contributed by atoms with Crippen LogP contribution in [0.1, 0.15) is 26.3 Å². The van der Waals surface area contributed by atoms with Crippen molar-refractivity contribution in [1.82, 2.24) is 14.5 Å². The first-order valence-corrected chi connectivity index (χ1v) is 16.7. The molecule has 0 aliphatic carbocycles. The Labute approximate surface area is 277 Å². The third-order valence-corrected chi connectivity index (χ3v) is 10.4. The molecule has 4 aromatic heterocycles. The monoisotopic (exact) mass is 631 g/mol. The summed E-state index contributed by atoms with van der Waals surface area (Å²) in [5.74, 6) is 2.48. The van der Waals surface area contributed by atoms with Gasteiger partial charge in [-0.1, -0.05) is 51.1 Å². The standard InChI is InChI=1S/C40H33N5OS/c1-40(2,3)25-18-20-41-36(21-25)45-33-13-6-5-11-29(33)30-15-14-28(23-35(30)45)46-27-10-7-9-26(22-27)44-24-43(4)34-17-16-31-32-12-8-19-42-39(32)47-38(31)37(34)44/h5-23H,24H2,1-4H3. The van der Waals surface area contributed by atoms with Crippen molar-refractivity contribution in [3.63, 3.8) is 0 Å². The number of aromatic nitrogens is 3. The number of nitrogens with zero attached hydrogens (tertiary/aromatic N) is 5. The molecule has 4 aromatic carbocycles. The topological polar surface area (TPSA) is 46.4 Å². The summed E-state index contributed by atoms with van der Waals surface area (Å²) in [4.78, 5) is 15.2. The van der Waals surface area contributed by atoms with Crippen LogP contribution in [-0.2, 0) is 5.41 Å². The van der Waals surface area contributed by atoms with Crippen molar-refractivity contribution in [2.45, 2.75) is 26.2 Å². The van der Waals surface area contributed by atoms with Crippen LogP contribution < -0.4 is 14.5 Å². The summed E-state index contributed by atoms with van der Waals surface area (Å²) in [5, 5.41) is 4.81. The van der Waals surface area contributed by atoms with Crippen LogP contribution in [0.5, 0.6) is 11.5 Å². The average molecular weight is 632 g/mol. The number of anilines is 3. The molecule has 0 spiro atoms. The van der Waals surface area contributed by atoms with Crippen LogP contribution in [0.4, 0.5) is 17.1 Å². The van der Waals surface area contributed by atoms with Gasteiger partial charge in [0.2, 0.25) is 0 Å². The minimum Gasteiger partial charge on any atom is -0.457 e. The van der Waals surface area contributed by atoms with Crippen LogP contribution in [-0.4, -0.2) is 28.3 Å². The molecule has 0 fully saturated rings. The molecule has 0 N–H and O–H groups in total. The second-order valence-corrected chi connectivity index (χ2v) is 14.3. The van der Waals surface area contributed by atoms with Gasteiger partial charge in [-0.3, -0.25) is 4.57 Å². The van der Waals surface area contributed by atoms with Gasteiger partial charge in [0.1, 0.15) is 22.1 Å². The molecule has 0 radical (unpaired) electrons. The molecule has 9 rings (SSSR count). The van der Waals surface area contributed by atoms with Crippen molar-refractivity contribution >= 4 is 70.5 Å². The van der Waals surface area contributed by atoms with E-state index in [1.54, 1.807) is 11.3 Å². The van der Waals surface area contributed by atoms with Crippen LogP contribution in [0.3, 0.4) is 0 Å². The lowest BCUT2D eigenvalue weighted by Gasteiger charge is -2.21. The van der Waals surface area contributed by atoms with Gasteiger partial charge >= 0.3 is 0 Å². The Hall–Kier alpha value is -5.40. The number of para-hydroxylation sites is 1. The fraction of sp³-hybridized carbons (Fsp3) is 0.150. The third-order valence-electron chi connectivity index (χ3n) is 9.26. The van der Waals surface area contributed by atoms with E-state index in [9.17, 15) is 0 Å². The van der Waals surface area contributed by atoms with Gasteiger partial charge < -0.3 is 14.5 Å². The van der Waals surface area contributed by atoms with Crippen molar-refractivity contribution < 1.29 is 4.74 Å². The summed E-state index contributed by atoms with van der Waals surface area (Å²) < 4.78 is 10.1. The van der Waals surface area contributed by atoms with E-state index in [0.717, 1.165) is 45.5 Å². The van der Waals surface area contributed by atoms with E-state index in [1.165, 1.54) is 43.2 Å². The van der Waals surface area contributed by atoms with E-state index in [0.29, 0.717) is 0 Å². The smallest absolute Gasteiger partial charge is 0.137 e. The number of fused-ring (bicyclic) bond motifs is 8. The van der Waals surface area contributed by atoms with Crippen LogP contribution in [0, 0.1) is 0 Å². The summed E-state index contributed by atoms with van der Waals surface area (Å²) in [7, 11) is 2.15. The van der Waals surface area contributed by atoms with Crippen molar-refractivity contribution in [3.8, 4) is 17.3 Å². The van der Waals surface area contributed by atoms with Gasteiger partial charge in [-0.15, -0.1) is 11.3 Å². The Morgan fingerprint density at radius 2 is 1.51 bits per heavy atom. The SMILES string of the molecule is CN1CN(c2cccc(Oc3ccc4c5ccccc5n(-c5cc(C(C)(C)C)ccn5)c4c3)c2)c2c1ccc1c2sc2ncccc21. The molecule has 47 heavy (non-hydrogen) atoms. The van der Waals surface area contributed by atoms with Gasteiger partial charge in [-0.25, -0.2) is 9.97 Å². The zero-order valence-electron chi connectivity index (χ0n) is 26.7. The molecule has 0 amide bonds. The normalized spacial score (nSPS) is 13.4. The predicted molar refractivity (Wildman–Crippen MR) is 196 cm³/mol. The number of ether oxygens (including phenoxy) is 1. The second-order valence-electron chi connectivity index (χ2n) is 13.3. The van der Waals surface area contributed by atoms with E-state index in [-0.39, 0.29) is 5.41 Å². The number of pyridine rings is 2. The molecule has 0 saturated carbocycles. The van der Waals surface area contributed by atoms with E-state index < -0.39 is 0 Å². The van der Waals surface area contributed by atoms with Crippen LogP contribution in [0.25, 0.3) is 47.9 Å². The van der Waals surface area contributed by atoms with E-state index in [1.807, 2.05) is 24.5 Å². The highest BCUT2D eigenvalue weighted by Crippen LogP contribution is 2.49. The number of hydrogen-bond acceptors (Lipinski definition) is 6.